The first-order valence-electron chi connectivity index (χ1n) is 7.60. The van der Waals surface area contributed by atoms with E-state index in [1.807, 2.05) is 0 Å². The highest BCUT2D eigenvalue weighted by Crippen LogP contribution is 2.22. The SMILES string of the molecule is COCCOCC(O)CNCC1CN2CCCC2CO1. The van der Waals surface area contributed by atoms with E-state index in [0.29, 0.717) is 32.4 Å². The van der Waals surface area contributed by atoms with Crippen molar-refractivity contribution in [3.05, 3.63) is 0 Å². The lowest BCUT2D eigenvalue weighted by molar-refractivity contribution is -0.0486. The summed E-state index contributed by atoms with van der Waals surface area (Å²) in [5.41, 5.74) is 0. The zero-order chi connectivity index (χ0) is 14.2. The third kappa shape index (κ3) is 5.27. The molecule has 0 aromatic carbocycles. The minimum Gasteiger partial charge on any atom is -0.389 e. The van der Waals surface area contributed by atoms with Crippen molar-refractivity contribution in [2.45, 2.75) is 31.1 Å². The minimum absolute atomic E-state index is 0.242. The first-order valence-corrected chi connectivity index (χ1v) is 7.60. The van der Waals surface area contributed by atoms with Gasteiger partial charge in [0.15, 0.2) is 0 Å². The summed E-state index contributed by atoms with van der Waals surface area (Å²) >= 11 is 0. The number of hydrogen-bond acceptors (Lipinski definition) is 6. The van der Waals surface area contributed by atoms with E-state index in [9.17, 15) is 5.11 Å². The van der Waals surface area contributed by atoms with Gasteiger partial charge in [-0.2, -0.15) is 0 Å². The fraction of sp³-hybridized carbons (Fsp3) is 1.00. The summed E-state index contributed by atoms with van der Waals surface area (Å²) < 4.78 is 16.0. The standard InChI is InChI=1S/C14H28N2O4/c1-18-5-6-19-11-13(17)7-15-8-14-9-16-4-2-3-12(16)10-20-14/h12-15,17H,2-11H2,1H3. The largest absolute Gasteiger partial charge is 0.389 e. The second-order valence-electron chi connectivity index (χ2n) is 5.63. The zero-order valence-corrected chi connectivity index (χ0v) is 12.4. The second kappa shape index (κ2) is 8.92. The van der Waals surface area contributed by atoms with Gasteiger partial charge in [-0.1, -0.05) is 0 Å². The average molecular weight is 288 g/mol. The van der Waals surface area contributed by atoms with E-state index >= 15 is 0 Å². The molecule has 2 heterocycles. The molecule has 20 heavy (non-hydrogen) atoms. The molecule has 0 aliphatic carbocycles. The number of hydrogen-bond donors (Lipinski definition) is 2. The maximum Gasteiger partial charge on any atom is 0.0897 e. The number of aliphatic hydroxyl groups is 1. The number of fused-ring (bicyclic) bond motifs is 1. The van der Waals surface area contributed by atoms with Gasteiger partial charge in [0.1, 0.15) is 0 Å². The molecule has 6 heteroatoms. The number of nitrogens with zero attached hydrogens (tertiary/aromatic N) is 1. The van der Waals surface area contributed by atoms with Crippen molar-refractivity contribution in [1.29, 1.82) is 0 Å². The molecule has 2 saturated heterocycles. The van der Waals surface area contributed by atoms with Gasteiger partial charge in [0.2, 0.25) is 0 Å². The predicted octanol–water partition coefficient (Wildman–Crippen LogP) is -0.537. The van der Waals surface area contributed by atoms with Crippen LogP contribution in [-0.2, 0) is 14.2 Å². The fourth-order valence-corrected chi connectivity index (χ4v) is 2.84. The molecule has 3 unspecified atom stereocenters. The van der Waals surface area contributed by atoms with Crippen LogP contribution < -0.4 is 5.32 Å². The van der Waals surface area contributed by atoms with Crippen LogP contribution in [0.3, 0.4) is 0 Å². The topological polar surface area (TPSA) is 63.2 Å². The van der Waals surface area contributed by atoms with Crippen LogP contribution in [0.2, 0.25) is 0 Å². The molecule has 2 fully saturated rings. The number of aliphatic hydroxyl groups excluding tert-OH is 1. The molecule has 118 valence electrons. The van der Waals surface area contributed by atoms with Crippen LogP contribution in [0.4, 0.5) is 0 Å². The monoisotopic (exact) mass is 288 g/mol. The zero-order valence-electron chi connectivity index (χ0n) is 12.4. The second-order valence-corrected chi connectivity index (χ2v) is 5.63. The van der Waals surface area contributed by atoms with Crippen molar-refractivity contribution >= 4 is 0 Å². The Labute approximate surface area is 121 Å². The molecule has 0 bridgehead atoms. The van der Waals surface area contributed by atoms with E-state index < -0.39 is 6.10 Å². The summed E-state index contributed by atoms with van der Waals surface area (Å²) in [5, 5.41) is 13.0. The van der Waals surface area contributed by atoms with E-state index in [2.05, 4.69) is 10.2 Å². The van der Waals surface area contributed by atoms with E-state index in [-0.39, 0.29) is 6.10 Å². The van der Waals surface area contributed by atoms with Crippen molar-refractivity contribution in [3.8, 4) is 0 Å². The molecule has 0 saturated carbocycles. The Kier molecular flexibility index (Phi) is 7.19. The first kappa shape index (κ1) is 16.1. The van der Waals surface area contributed by atoms with Crippen molar-refractivity contribution < 1.29 is 19.3 Å². The summed E-state index contributed by atoms with van der Waals surface area (Å²) in [6.07, 6.45) is 2.34. The van der Waals surface area contributed by atoms with Crippen molar-refractivity contribution in [2.75, 3.05) is 59.7 Å². The Balaban J connectivity index is 1.50. The maximum absolute atomic E-state index is 9.75. The van der Waals surface area contributed by atoms with E-state index in [1.165, 1.54) is 19.4 Å². The molecule has 0 aromatic heterocycles. The van der Waals surface area contributed by atoms with E-state index in [1.54, 1.807) is 7.11 Å². The Morgan fingerprint density at radius 1 is 1.45 bits per heavy atom. The molecule has 0 aromatic rings. The summed E-state index contributed by atoms with van der Waals surface area (Å²) in [4.78, 5) is 2.53. The molecule has 2 N–H and O–H groups in total. The molecule has 2 aliphatic heterocycles. The molecule has 2 rings (SSSR count). The molecule has 0 spiro atoms. The third-order valence-corrected chi connectivity index (χ3v) is 3.96. The van der Waals surface area contributed by atoms with Crippen molar-refractivity contribution in [3.63, 3.8) is 0 Å². The Morgan fingerprint density at radius 3 is 3.20 bits per heavy atom. The predicted molar refractivity (Wildman–Crippen MR) is 75.9 cm³/mol. The van der Waals surface area contributed by atoms with Crippen LogP contribution >= 0.6 is 0 Å². The molecule has 3 atom stereocenters. The van der Waals surface area contributed by atoms with Crippen molar-refractivity contribution in [1.82, 2.24) is 10.2 Å². The van der Waals surface area contributed by atoms with Gasteiger partial charge in [0.25, 0.3) is 0 Å². The first-order chi connectivity index (χ1) is 9.79. The average Bonchev–Trinajstić information content (AvgIpc) is 2.91. The molecular formula is C14H28N2O4. The Bertz CT molecular complexity index is 268. The lowest BCUT2D eigenvalue weighted by Crippen LogP contribution is -2.50. The molecular weight excluding hydrogens is 260 g/mol. The lowest BCUT2D eigenvalue weighted by Gasteiger charge is -2.35. The Hall–Kier alpha value is -0.240. The highest BCUT2D eigenvalue weighted by Gasteiger charge is 2.31. The van der Waals surface area contributed by atoms with Gasteiger partial charge in [0.05, 0.1) is 38.6 Å². The molecule has 0 radical (unpaired) electrons. The number of ether oxygens (including phenoxy) is 3. The number of morpholine rings is 1. The summed E-state index contributed by atoms with van der Waals surface area (Å²) in [6, 6.07) is 0.644. The molecule has 2 aliphatic rings. The Morgan fingerprint density at radius 2 is 2.35 bits per heavy atom. The fourth-order valence-electron chi connectivity index (χ4n) is 2.84. The minimum atomic E-state index is -0.477. The molecule has 6 nitrogen and oxygen atoms in total. The molecule has 0 amide bonds. The highest BCUT2D eigenvalue weighted by atomic mass is 16.5. The van der Waals surface area contributed by atoms with Gasteiger partial charge >= 0.3 is 0 Å². The highest BCUT2D eigenvalue weighted by molar-refractivity contribution is 4.85. The summed E-state index contributed by atoms with van der Waals surface area (Å²) in [7, 11) is 1.64. The van der Waals surface area contributed by atoms with Gasteiger partial charge in [-0.25, -0.2) is 0 Å². The normalized spacial score (nSPS) is 28.5. The van der Waals surface area contributed by atoms with Gasteiger partial charge in [0, 0.05) is 32.8 Å². The smallest absolute Gasteiger partial charge is 0.0897 e. The van der Waals surface area contributed by atoms with Gasteiger partial charge < -0.3 is 24.6 Å². The maximum atomic E-state index is 9.75. The van der Waals surface area contributed by atoms with Crippen LogP contribution in [0.5, 0.6) is 0 Å². The van der Waals surface area contributed by atoms with Crippen LogP contribution in [0.15, 0.2) is 0 Å². The number of methoxy groups -OCH3 is 1. The number of rotatable bonds is 9. The van der Waals surface area contributed by atoms with Crippen molar-refractivity contribution in [2.24, 2.45) is 0 Å². The van der Waals surface area contributed by atoms with Gasteiger partial charge in [-0.3, -0.25) is 4.90 Å². The van der Waals surface area contributed by atoms with E-state index in [4.69, 9.17) is 14.2 Å². The summed E-state index contributed by atoms with van der Waals surface area (Å²) in [6.45, 7) is 5.83. The lowest BCUT2D eigenvalue weighted by atomic mass is 10.2. The third-order valence-electron chi connectivity index (χ3n) is 3.96. The van der Waals surface area contributed by atoms with Crippen LogP contribution in [0.1, 0.15) is 12.8 Å². The van der Waals surface area contributed by atoms with Crippen LogP contribution in [0, 0.1) is 0 Å². The summed E-state index contributed by atoms with van der Waals surface area (Å²) in [5.74, 6) is 0. The van der Waals surface area contributed by atoms with Crippen LogP contribution in [0.25, 0.3) is 0 Å². The quantitative estimate of drug-likeness (QED) is 0.556. The van der Waals surface area contributed by atoms with Gasteiger partial charge in [-0.15, -0.1) is 0 Å². The van der Waals surface area contributed by atoms with E-state index in [0.717, 1.165) is 19.7 Å². The van der Waals surface area contributed by atoms with Crippen LogP contribution in [-0.4, -0.2) is 88.0 Å². The van der Waals surface area contributed by atoms with Gasteiger partial charge in [-0.05, 0) is 19.4 Å². The number of nitrogens with one attached hydrogen (secondary N) is 1.